The highest BCUT2D eigenvalue weighted by atomic mass is 16.6. The summed E-state index contributed by atoms with van der Waals surface area (Å²) in [6.45, 7) is 17.2. The Kier molecular flexibility index (Phi) is 18.7. The van der Waals surface area contributed by atoms with Gasteiger partial charge in [-0.2, -0.15) is 0 Å². The zero-order chi connectivity index (χ0) is 43.8. The molecule has 0 radical (unpaired) electrons. The van der Waals surface area contributed by atoms with Crippen LogP contribution in [0.2, 0.25) is 0 Å². The van der Waals surface area contributed by atoms with E-state index in [-0.39, 0.29) is 39.3 Å². The molecular formula is C42H62N6O10. The summed E-state index contributed by atoms with van der Waals surface area (Å²) in [6, 6.07) is 6.53. The molecule has 0 aliphatic carbocycles. The second-order valence-corrected chi connectivity index (χ2v) is 15.7. The van der Waals surface area contributed by atoms with Crippen LogP contribution in [-0.4, -0.2) is 109 Å². The van der Waals surface area contributed by atoms with Gasteiger partial charge in [-0.25, -0.2) is 9.59 Å². The number of aliphatic hydroxyl groups excluding tert-OH is 1. The highest BCUT2D eigenvalue weighted by molar-refractivity contribution is 6.00. The number of ether oxygens (including phenoxy) is 3. The van der Waals surface area contributed by atoms with E-state index in [2.05, 4.69) is 26.6 Å². The molecule has 0 aliphatic rings. The van der Waals surface area contributed by atoms with Crippen molar-refractivity contribution < 1.29 is 48.1 Å². The number of allylic oxidation sites excluding steroid dienone is 1. The minimum absolute atomic E-state index is 0.0263. The van der Waals surface area contributed by atoms with Gasteiger partial charge >= 0.3 is 12.2 Å². The van der Waals surface area contributed by atoms with Crippen molar-refractivity contribution in [3.8, 4) is 5.75 Å². The molecular weight excluding hydrogens is 748 g/mol. The molecule has 0 heterocycles. The Balaban J connectivity index is 2.54. The van der Waals surface area contributed by atoms with E-state index in [1.165, 1.54) is 18.9 Å². The first-order valence-electron chi connectivity index (χ1n) is 19.2. The van der Waals surface area contributed by atoms with Gasteiger partial charge in [0.25, 0.3) is 5.91 Å². The minimum atomic E-state index is -1.34. The molecule has 6 amide bonds. The van der Waals surface area contributed by atoms with Crippen molar-refractivity contribution in [3.05, 3.63) is 70.3 Å². The molecule has 16 heteroatoms. The molecule has 0 aliphatic heterocycles. The van der Waals surface area contributed by atoms with E-state index in [9.17, 15) is 33.9 Å². The Morgan fingerprint density at radius 3 is 2.00 bits per heavy atom. The molecule has 3 atom stereocenters. The van der Waals surface area contributed by atoms with E-state index in [0.717, 1.165) is 5.56 Å². The average Bonchev–Trinajstić information content (AvgIpc) is 3.10. The summed E-state index contributed by atoms with van der Waals surface area (Å²) in [5.41, 5.74) is 1.43. The van der Waals surface area contributed by atoms with Crippen LogP contribution in [0.4, 0.5) is 9.59 Å². The standard InChI is InChI=1S/C42H62N6O10/c1-12-13-29-25-30(15-17-33(29)56-23-21-45-40(55)58-42(8,9)10)34(37(52)46-28(4)35(50)43-20-22-49)48(11)38(53)32(18-19-44-39(54)57-41(5,6)7)47-36(51)31-16-14-26(2)24-27(31)3/h12-17,24-25,28,32,34,49H,18-23H2,1-11H3,(H,43,50)(H,44,54)(H,45,55)(H,46,52)(H,47,51)/b13-12+/t28-,32-,34-/m0/s1. The normalized spacial score (nSPS) is 13.0. The quantitative estimate of drug-likeness (QED) is 0.119. The van der Waals surface area contributed by atoms with Gasteiger partial charge in [-0.3, -0.25) is 19.2 Å². The maximum Gasteiger partial charge on any atom is 0.407 e. The largest absolute Gasteiger partial charge is 0.491 e. The second kappa shape index (κ2) is 22.3. The topological polar surface area (TPSA) is 214 Å². The minimum Gasteiger partial charge on any atom is -0.491 e. The predicted molar refractivity (Wildman–Crippen MR) is 220 cm³/mol. The summed E-state index contributed by atoms with van der Waals surface area (Å²) >= 11 is 0. The molecule has 16 nitrogen and oxygen atoms in total. The Labute approximate surface area is 341 Å². The van der Waals surface area contributed by atoms with Crippen molar-refractivity contribution in [2.45, 2.75) is 105 Å². The first-order chi connectivity index (χ1) is 27.1. The van der Waals surface area contributed by atoms with Gasteiger partial charge in [0.15, 0.2) is 0 Å². The number of aliphatic hydroxyl groups is 1. The molecule has 2 aromatic carbocycles. The van der Waals surface area contributed by atoms with Crippen LogP contribution in [0.3, 0.4) is 0 Å². The van der Waals surface area contributed by atoms with Crippen molar-refractivity contribution in [2.24, 2.45) is 0 Å². The number of nitrogens with zero attached hydrogens (tertiary/aromatic N) is 1. The van der Waals surface area contributed by atoms with Gasteiger partial charge in [0.05, 0.1) is 13.2 Å². The number of hydrogen-bond donors (Lipinski definition) is 6. The zero-order valence-electron chi connectivity index (χ0n) is 35.7. The summed E-state index contributed by atoms with van der Waals surface area (Å²) in [7, 11) is 1.41. The molecule has 0 aromatic heterocycles. The highest BCUT2D eigenvalue weighted by Crippen LogP contribution is 2.29. The molecule has 320 valence electrons. The van der Waals surface area contributed by atoms with Crippen LogP contribution in [-0.2, 0) is 23.9 Å². The lowest BCUT2D eigenvalue weighted by Gasteiger charge is -2.32. The highest BCUT2D eigenvalue weighted by Gasteiger charge is 2.35. The van der Waals surface area contributed by atoms with Crippen molar-refractivity contribution in [1.29, 1.82) is 0 Å². The molecule has 0 unspecified atom stereocenters. The number of hydrogen-bond acceptors (Lipinski definition) is 10. The molecule has 0 bridgehead atoms. The third-order valence-corrected chi connectivity index (χ3v) is 8.20. The Bertz CT molecular complexity index is 1780. The number of carbonyl (C=O) groups excluding carboxylic acids is 6. The molecule has 6 N–H and O–H groups in total. The number of alkyl carbamates (subject to hydrolysis) is 2. The summed E-state index contributed by atoms with van der Waals surface area (Å²) in [4.78, 5) is 80.9. The lowest BCUT2D eigenvalue weighted by Crippen LogP contribution is -2.54. The van der Waals surface area contributed by atoms with Gasteiger partial charge in [0, 0.05) is 31.3 Å². The Morgan fingerprint density at radius 1 is 0.810 bits per heavy atom. The van der Waals surface area contributed by atoms with E-state index in [0.29, 0.717) is 28.0 Å². The fourth-order valence-corrected chi connectivity index (χ4v) is 5.61. The molecule has 0 fully saturated rings. The van der Waals surface area contributed by atoms with Crippen LogP contribution in [0.25, 0.3) is 6.08 Å². The first-order valence-corrected chi connectivity index (χ1v) is 19.2. The average molecular weight is 811 g/mol. The fourth-order valence-electron chi connectivity index (χ4n) is 5.61. The molecule has 0 saturated carbocycles. The number of aryl methyl sites for hydroxylation is 2. The van der Waals surface area contributed by atoms with Gasteiger partial charge < -0.3 is 50.8 Å². The summed E-state index contributed by atoms with van der Waals surface area (Å²) in [6.07, 6.45) is 2.14. The summed E-state index contributed by atoms with van der Waals surface area (Å²) < 4.78 is 16.6. The third-order valence-electron chi connectivity index (χ3n) is 8.20. The SMILES string of the molecule is C/C=C/c1cc([C@@H](C(=O)N[C@@H](C)C(=O)NCCO)N(C)C(=O)[C@H](CCNC(=O)OC(C)(C)C)NC(=O)c2ccc(C)cc2C)ccc1OCCNC(=O)OC(C)(C)C. The monoisotopic (exact) mass is 810 g/mol. The maximum absolute atomic E-state index is 14.5. The molecule has 2 aromatic rings. The van der Waals surface area contributed by atoms with Crippen LogP contribution < -0.4 is 31.3 Å². The lowest BCUT2D eigenvalue weighted by molar-refractivity contribution is -0.141. The smallest absolute Gasteiger partial charge is 0.407 e. The fraction of sp³-hybridized carbons (Fsp3) is 0.524. The van der Waals surface area contributed by atoms with E-state index >= 15 is 0 Å². The van der Waals surface area contributed by atoms with Crippen LogP contribution in [0, 0.1) is 13.8 Å². The molecule has 0 spiro atoms. The van der Waals surface area contributed by atoms with E-state index < -0.39 is 65.1 Å². The van der Waals surface area contributed by atoms with E-state index in [1.54, 1.807) is 97.9 Å². The van der Waals surface area contributed by atoms with Gasteiger partial charge in [0.1, 0.15) is 41.7 Å². The van der Waals surface area contributed by atoms with Crippen molar-refractivity contribution in [3.63, 3.8) is 0 Å². The number of carbonyl (C=O) groups is 6. The predicted octanol–water partition coefficient (Wildman–Crippen LogP) is 4.07. The van der Waals surface area contributed by atoms with Crippen molar-refractivity contribution >= 4 is 41.9 Å². The van der Waals surface area contributed by atoms with E-state index in [4.69, 9.17) is 14.2 Å². The van der Waals surface area contributed by atoms with Crippen molar-refractivity contribution in [2.75, 3.05) is 39.9 Å². The van der Waals surface area contributed by atoms with Crippen LogP contribution >= 0.6 is 0 Å². The van der Waals surface area contributed by atoms with Crippen LogP contribution in [0.1, 0.15) is 100 Å². The van der Waals surface area contributed by atoms with Gasteiger partial charge in [-0.15, -0.1) is 0 Å². The number of nitrogens with one attached hydrogen (secondary N) is 5. The number of amides is 6. The Hall–Kier alpha value is -5.64. The van der Waals surface area contributed by atoms with Crippen LogP contribution in [0.15, 0.2) is 42.5 Å². The van der Waals surface area contributed by atoms with Gasteiger partial charge in [-0.05, 0) is 105 Å². The zero-order valence-corrected chi connectivity index (χ0v) is 35.7. The summed E-state index contributed by atoms with van der Waals surface area (Å²) in [5.74, 6) is -2.04. The number of likely N-dealkylation sites (N-methyl/N-ethyl adjacent to an activating group) is 1. The Morgan fingerprint density at radius 2 is 1.43 bits per heavy atom. The lowest BCUT2D eigenvalue weighted by atomic mass is 9.99. The van der Waals surface area contributed by atoms with Gasteiger partial charge in [-0.1, -0.05) is 35.9 Å². The number of rotatable bonds is 18. The van der Waals surface area contributed by atoms with Crippen molar-refractivity contribution in [1.82, 2.24) is 31.5 Å². The maximum atomic E-state index is 14.5. The van der Waals surface area contributed by atoms with Gasteiger partial charge in [0.2, 0.25) is 17.7 Å². The molecule has 2 rings (SSSR count). The summed E-state index contributed by atoms with van der Waals surface area (Å²) in [5, 5.41) is 22.4. The van der Waals surface area contributed by atoms with Crippen LogP contribution in [0.5, 0.6) is 5.75 Å². The number of benzene rings is 2. The first kappa shape index (κ1) is 48.5. The second-order valence-electron chi connectivity index (χ2n) is 15.7. The molecule has 58 heavy (non-hydrogen) atoms. The third kappa shape index (κ3) is 16.5. The van der Waals surface area contributed by atoms with E-state index in [1.807, 2.05) is 13.0 Å². The molecule has 0 saturated heterocycles.